The van der Waals surface area contributed by atoms with Crippen LogP contribution in [-0.4, -0.2) is 59.8 Å². The van der Waals surface area contributed by atoms with Crippen LogP contribution in [0.3, 0.4) is 0 Å². The molecule has 1 aliphatic heterocycles. The summed E-state index contributed by atoms with van der Waals surface area (Å²) in [6.07, 6.45) is -0.710. The van der Waals surface area contributed by atoms with E-state index in [1.54, 1.807) is 60.0 Å². The number of carbonyl (C=O) groups excluding carboxylic acids is 2. The number of rotatable bonds is 4. The fraction of sp³-hybridized carbons (Fsp3) is 0.727. The predicted molar refractivity (Wildman–Crippen MR) is 114 cm³/mol. The molecule has 4 atom stereocenters. The normalized spacial score (nSPS) is 26.8. The molecule has 0 radical (unpaired) electrons. The van der Waals surface area contributed by atoms with E-state index in [1.807, 2.05) is 13.8 Å². The number of alkyl halides is 3. The van der Waals surface area contributed by atoms with Crippen molar-refractivity contribution in [1.29, 1.82) is 0 Å². The van der Waals surface area contributed by atoms with E-state index >= 15 is 0 Å². The van der Waals surface area contributed by atoms with Gasteiger partial charge in [-0.25, -0.2) is 4.79 Å². The van der Waals surface area contributed by atoms with Gasteiger partial charge in [0.25, 0.3) is 0 Å². The Balaban J connectivity index is 3.31. The highest BCUT2D eigenvalue weighted by Gasteiger charge is 2.47. The van der Waals surface area contributed by atoms with Crippen LogP contribution in [-0.2, 0) is 9.53 Å². The molecule has 0 aromatic heterocycles. The van der Waals surface area contributed by atoms with Crippen molar-refractivity contribution in [3.05, 3.63) is 24.0 Å². The molecule has 1 fully saturated rings. The number of nitrogens with zero attached hydrogens (tertiary/aromatic N) is 2. The summed E-state index contributed by atoms with van der Waals surface area (Å²) in [6.45, 7) is 12.8. The number of likely N-dealkylation sites (N-methyl/N-ethyl adjacent to an activating group) is 1. The molecule has 1 saturated heterocycles. The standard InChI is InChI=1S/C22H36F3N3O3/c1-9-17-18(26-8)15(4)14(3)16(13-28(17)19(29)22(23,24)25)11-12-27(10-2)20(30)31-21(5,6)7/h9,11-12,14-16,18,26H,10,13H2,1-8H3/b12-11-,17-9+/t14-,15-,16+,18?/m0/s1. The molecule has 1 N–H and O–H groups in total. The number of nitrogens with one attached hydrogen (secondary N) is 1. The second-order valence-electron chi connectivity index (χ2n) is 8.88. The Hall–Kier alpha value is -2.03. The lowest BCUT2D eigenvalue weighted by Gasteiger charge is -2.31. The topological polar surface area (TPSA) is 61.9 Å². The first kappa shape index (κ1) is 27.0. The van der Waals surface area contributed by atoms with Gasteiger partial charge in [0.05, 0.1) is 0 Å². The predicted octanol–water partition coefficient (Wildman–Crippen LogP) is 4.54. The smallest absolute Gasteiger partial charge is 0.443 e. The summed E-state index contributed by atoms with van der Waals surface area (Å²) in [5, 5.41) is 3.06. The largest absolute Gasteiger partial charge is 0.471 e. The Kier molecular flexibility index (Phi) is 9.17. The number of halogens is 3. The van der Waals surface area contributed by atoms with Crippen molar-refractivity contribution >= 4 is 12.0 Å². The van der Waals surface area contributed by atoms with E-state index in [2.05, 4.69) is 5.32 Å². The Labute approximate surface area is 183 Å². The van der Waals surface area contributed by atoms with Gasteiger partial charge in [0.1, 0.15) is 5.60 Å². The number of likely N-dealkylation sites (tertiary alicyclic amines) is 1. The van der Waals surface area contributed by atoms with Crippen LogP contribution in [0.25, 0.3) is 0 Å². The summed E-state index contributed by atoms with van der Waals surface area (Å²) in [4.78, 5) is 26.8. The Morgan fingerprint density at radius 2 is 1.81 bits per heavy atom. The zero-order chi connectivity index (χ0) is 24.1. The van der Waals surface area contributed by atoms with E-state index in [4.69, 9.17) is 4.74 Å². The molecule has 6 nitrogen and oxygen atoms in total. The number of hydrogen-bond donors (Lipinski definition) is 1. The van der Waals surface area contributed by atoms with Crippen LogP contribution in [0.2, 0.25) is 0 Å². The zero-order valence-corrected chi connectivity index (χ0v) is 19.7. The highest BCUT2D eigenvalue weighted by atomic mass is 19.4. The molecule has 9 heteroatoms. The summed E-state index contributed by atoms with van der Waals surface area (Å²) >= 11 is 0. The van der Waals surface area contributed by atoms with Gasteiger partial charge in [-0.05, 0) is 59.4 Å². The average molecular weight is 448 g/mol. The first-order chi connectivity index (χ1) is 14.2. The summed E-state index contributed by atoms with van der Waals surface area (Å²) in [5.41, 5.74) is -0.362. The molecule has 1 rings (SSSR count). The van der Waals surface area contributed by atoms with E-state index in [9.17, 15) is 22.8 Å². The third kappa shape index (κ3) is 6.98. The van der Waals surface area contributed by atoms with Crippen LogP contribution in [0.15, 0.2) is 24.0 Å². The first-order valence-corrected chi connectivity index (χ1v) is 10.6. The van der Waals surface area contributed by atoms with Gasteiger partial charge in [0.2, 0.25) is 0 Å². The summed E-state index contributed by atoms with van der Waals surface area (Å²) in [7, 11) is 1.67. The van der Waals surface area contributed by atoms with E-state index in [-0.39, 0.29) is 18.4 Å². The number of hydrogen-bond acceptors (Lipinski definition) is 4. The van der Waals surface area contributed by atoms with Crippen LogP contribution in [0.5, 0.6) is 0 Å². The van der Waals surface area contributed by atoms with Crippen molar-refractivity contribution < 1.29 is 27.5 Å². The molecule has 1 heterocycles. The first-order valence-electron chi connectivity index (χ1n) is 10.6. The number of carbonyl (C=O) groups is 2. The molecule has 2 amide bonds. The highest BCUT2D eigenvalue weighted by Crippen LogP contribution is 2.36. The van der Waals surface area contributed by atoms with Crippen molar-refractivity contribution in [1.82, 2.24) is 15.1 Å². The van der Waals surface area contributed by atoms with Crippen LogP contribution in [0, 0.1) is 17.8 Å². The van der Waals surface area contributed by atoms with Gasteiger partial charge < -0.3 is 15.0 Å². The van der Waals surface area contributed by atoms with E-state index in [0.717, 1.165) is 4.90 Å². The molecule has 0 spiro atoms. The van der Waals surface area contributed by atoms with Gasteiger partial charge in [-0.15, -0.1) is 0 Å². The molecular formula is C22H36F3N3O3. The van der Waals surface area contributed by atoms with Gasteiger partial charge in [-0.3, -0.25) is 9.69 Å². The fourth-order valence-electron chi connectivity index (χ4n) is 3.78. The molecule has 0 aliphatic carbocycles. The van der Waals surface area contributed by atoms with Crippen LogP contribution in [0.1, 0.15) is 48.5 Å². The lowest BCUT2D eigenvalue weighted by molar-refractivity contribution is -0.183. The fourth-order valence-corrected chi connectivity index (χ4v) is 3.78. The third-order valence-corrected chi connectivity index (χ3v) is 5.63. The average Bonchev–Trinajstić information content (AvgIpc) is 2.74. The molecule has 0 aromatic rings. The third-order valence-electron chi connectivity index (χ3n) is 5.63. The van der Waals surface area contributed by atoms with Crippen LogP contribution in [0.4, 0.5) is 18.0 Å². The SMILES string of the molecule is C/C=C1\C(NC)[C@@H](C)[C@H](C)[C@H](/C=C\N(CC)C(=O)OC(C)(C)C)CN1C(=O)C(F)(F)F. The maximum Gasteiger partial charge on any atom is 0.471 e. The number of allylic oxidation sites excluding steroid dienone is 1. The number of ether oxygens (including phenoxy) is 1. The Morgan fingerprint density at radius 1 is 1.23 bits per heavy atom. The van der Waals surface area contributed by atoms with Gasteiger partial charge in [0.15, 0.2) is 0 Å². The maximum absolute atomic E-state index is 13.3. The molecule has 1 unspecified atom stereocenters. The molecule has 31 heavy (non-hydrogen) atoms. The van der Waals surface area contributed by atoms with Gasteiger partial charge >= 0.3 is 18.2 Å². The molecule has 0 bridgehead atoms. The van der Waals surface area contributed by atoms with Crippen LogP contribution < -0.4 is 5.32 Å². The second kappa shape index (κ2) is 10.5. The summed E-state index contributed by atoms with van der Waals surface area (Å²) < 4.78 is 45.4. The van der Waals surface area contributed by atoms with Crippen LogP contribution >= 0.6 is 0 Å². The number of amides is 2. The minimum Gasteiger partial charge on any atom is -0.443 e. The summed E-state index contributed by atoms with van der Waals surface area (Å²) in [5.74, 6) is -2.41. The van der Waals surface area contributed by atoms with E-state index in [0.29, 0.717) is 12.2 Å². The van der Waals surface area contributed by atoms with Crippen molar-refractivity contribution in [2.75, 3.05) is 20.1 Å². The van der Waals surface area contributed by atoms with Gasteiger partial charge in [-0.1, -0.05) is 26.0 Å². The summed E-state index contributed by atoms with van der Waals surface area (Å²) in [6, 6.07) is -0.419. The lowest BCUT2D eigenvalue weighted by Crippen LogP contribution is -2.46. The minimum absolute atomic E-state index is 0.0616. The minimum atomic E-state index is -4.98. The van der Waals surface area contributed by atoms with Crippen molar-refractivity contribution in [2.45, 2.75) is 66.3 Å². The van der Waals surface area contributed by atoms with Crippen molar-refractivity contribution in [3.63, 3.8) is 0 Å². The Morgan fingerprint density at radius 3 is 2.23 bits per heavy atom. The molecule has 0 aromatic carbocycles. The highest BCUT2D eigenvalue weighted by molar-refractivity contribution is 5.83. The lowest BCUT2D eigenvalue weighted by atomic mass is 9.80. The monoisotopic (exact) mass is 447 g/mol. The van der Waals surface area contributed by atoms with Crippen molar-refractivity contribution in [3.8, 4) is 0 Å². The molecule has 178 valence electrons. The van der Waals surface area contributed by atoms with Gasteiger partial charge in [0, 0.05) is 31.0 Å². The molecular weight excluding hydrogens is 411 g/mol. The molecule has 0 saturated carbocycles. The van der Waals surface area contributed by atoms with Crippen molar-refractivity contribution in [2.24, 2.45) is 17.8 Å². The quantitative estimate of drug-likeness (QED) is 0.687. The van der Waals surface area contributed by atoms with E-state index < -0.39 is 35.7 Å². The van der Waals surface area contributed by atoms with E-state index in [1.165, 1.54) is 4.90 Å². The maximum atomic E-state index is 13.3. The Bertz CT molecular complexity index is 698. The molecule has 1 aliphatic rings. The second-order valence-corrected chi connectivity index (χ2v) is 8.88. The zero-order valence-electron chi connectivity index (χ0n) is 19.7. The van der Waals surface area contributed by atoms with Gasteiger partial charge in [-0.2, -0.15) is 13.2 Å².